The van der Waals surface area contributed by atoms with Gasteiger partial charge in [-0.05, 0) is 84.4 Å². The van der Waals surface area contributed by atoms with Gasteiger partial charge in [0.1, 0.15) is 11.4 Å². The van der Waals surface area contributed by atoms with Gasteiger partial charge >= 0.3 is 5.97 Å². The average molecular weight is 685 g/mol. The number of rotatable bonds is 16. The summed E-state index contributed by atoms with van der Waals surface area (Å²) in [6.45, 7) is 11.2. The number of hydrogen-bond acceptors (Lipinski definition) is 8. The molecule has 0 spiro atoms. The van der Waals surface area contributed by atoms with Gasteiger partial charge in [-0.25, -0.2) is 4.79 Å². The Morgan fingerprint density at radius 2 is 1.72 bits per heavy atom. The number of ether oxygens (including phenoxy) is 3. The summed E-state index contributed by atoms with van der Waals surface area (Å²) in [5.41, 5.74) is 5.17. The predicted molar refractivity (Wildman–Crippen MR) is 197 cm³/mol. The summed E-state index contributed by atoms with van der Waals surface area (Å²) in [5, 5.41) is 28.6. The lowest BCUT2D eigenvalue weighted by atomic mass is 9.98. The van der Waals surface area contributed by atoms with Gasteiger partial charge in [-0.3, -0.25) is 9.58 Å². The number of para-hydroxylation sites is 1. The van der Waals surface area contributed by atoms with Crippen LogP contribution in [0.5, 0.6) is 5.75 Å². The molecule has 1 atom stereocenters. The van der Waals surface area contributed by atoms with Crippen molar-refractivity contribution in [3.63, 3.8) is 0 Å². The number of carbonyl (C=O) groups is 1. The van der Waals surface area contributed by atoms with Crippen LogP contribution in [-0.4, -0.2) is 74.3 Å². The van der Waals surface area contributed by atoms with Crippen LogP contribution in [0.25, 0.3) is 32.8 Å². The molecule has 10 heteroatoms. The maximum absolute atomic E-state index is 13.9. The molecular weight excluding hydrogens is 632 g/mol. The van der Waals surface area contributed by atoms with Crippen LogP contribution in [0.2, 0.25) is 0 Å². The van der Waals surface area contributed by atoms with Crippen LogP contribution in [0.15, 0.2) is 60.7 Å². The van der Waals surface area contributed by atoms with E-state index in [1.807, 2.05) is 85.1 Å². The van der Waals surface area contributed by atoms with E-state index in [2.05, 4.69) is 33.9 Å². The monoisotopic (exact) mass is 684 g/mol. The quantitative estimate of drug-likeness (QED) is 0.0651. The van der Waals surface area contributed by atoms with Gasteiger partial charge in [-0.15, -0.1) is 0 Å². The first-order valence-corrected chi connectivity index (χ1v) is 17.6. The minimum atomic E-state index is -1.02. The van der Waals surface area contributed by atoms with Crippen LogP contribution in [0.1, 0.15) is 74.4 Å². The molecule has 3 aromatic carbocycles. The van der Waals surface area contributed by atoms with Gasteiger partial charge < -0.3 is 29.0 Å². The SMILES string of the molecule is CCOC(=O)c1c(CCCOc2cccc3ccccc23)c2cccc(-c3c(CO)nn(C)c3C)c2n1CCCCN(C)C(O)OC(C)(C)C. The maximum Gasteiger partial charge on any atom is 0.355 e. The molecular formula is C40H52N4O6. The Morgan fingerprint density at radius 3 is 2.46 bits per heavy atom. The Kier molecular flexibility index (Phi) is 12.0. The van der Waals surface area contributed by atoms with Gasteiger partial charge in [-0.1, -0.05) is 54.6 Å². The predicted octanol–water partition coefficient (Wildman–Crippen LogP) is 6.99. The van der Waals surface area contributed by atoms with Crippen LogP contribution in [0.3, 0.4) is 0 Å². The van der Waals surface area contributed by atoms with Crippen LogP contribution in [0, 0.1) is 6.92 Å². The number of benzene rings is 3. The van der Waals surface area contributed by atoms with E-state index < -0.39 is 12.0 Å². The number of unbranched alkanes of at least 4 members (excludes halogenated alkanes) is 1. The standard InChI is InChI=1S/C40H52N4O6/c1-8-48-38(46)37-31(21-15-25-49-34-22-13-17-28-16-9-10-18-29(28)34)30-19-14-20-32(35-27(2)43(7)41-33(35)26-45)36(30)44(37)24-12-11-23-42(6)39(47)50-40(3,4)5/h9-10,13-14,16-20,22,39,45,47H,8,11-12,15,21,23-26H2,1-7H3. The third kappa shape index (κ3) is 8.21. The third-order valence-corrected chi connectivity index (χ3v) is 9.04. The van der Waals surface area contributed by atoms with Crippen molar-refractivity contribution in [2.24, 2.45) is 7.05 Å². The molecule has 0 aliphatic heterocycles. The summed E-state index contributed by atoms with van der Waals surface area (Å²) in [4.78, 5) is 15.7. The van der Waals surface area contributed by atoms with Crippen LogP contribution < -0.4 is 4.74 Å². The molecule has 1 unspecified atom stereocenters. The Labute approximate surface area is 295 Å². The van der Waals surface area contributed by atoms with E-state index in [-0.39, 0.29) is 19.2 Å². The molecule has 2 aromatic heterocycles. The minimum Gasteiger partial charge on any atom is -0.493 e. The molecule has 10 nitrogen and oxygen atoms in total. The number of esters is 1. The fourth-order valence-electron chi connectivity index (χ4n) is 6.63. The number of aryl methyl sites for hydroxylation is 3. The zero-order valence-electron chi connectivity index (χ0n) is 30.5. The van der Waals surface area contributed by atoms with Crippen molar-refractivity contribution < 1.29 is 29.2 Å². The third-order valence-electron chi connectivity index (χ3n) is 9.04. The molecule has 0 saturated heterocycles. The first kappa shape index (κ1) is 37.0. The number of carbonyl (C=O) groups excluding carboxylic acids is 1. The van der Waals surface area contributed by atoms with Crippen LogP contribution >= 0.6 is 0 Å². The van der Waals surface area contributed by atoms with E-state index in [1.165, 1.54) is 0 Å². The van der Waals surface area contributed by atoms with Crippen molar-refractivity contribution in [3.8, 4) is 16.9 Å². The lowest BCUT2D eigenvalue weighted by molar-refractivity contribution is -0.232. The van der Waals surface area contributed by atoms with Gasteiger partial charge in [0, 0.05) is 47.7 Å². The molecule has 0 fully saturated rings. The van der Waals surface area contributed by atoms with Gasteiger partial charge in [0.05, 0.1) is 36.6 Å². The highest BCUT2D eigenvalue weighted by atomic mass is 16.6. The van der Waals surface area contributed by atoms with Crippen LogP contribution in [0.4, 0.5) is 0 Å². The van der Waals surface area contributed by atoms with E-state index >= 15 is 0 Å². The second kappa shape index (κ2) is 16.2. The smallest absolute Gasteiger partial charge is 0.355 e. The Morgan fingerprint density at radius 1 is 1.00 bits per heavy atom. The number of aliphatic hydroxyl groups excluding tert-OH is 2. The van der Waals surface area contributed by atoms with Gasteiger partial charge in [-0.2, -0.15) is 5.10 Å². The highest BCUT2D eigenvalue weighted by Gasteiger charge is 2.28. The number of fused-ring (bicyclic) bond motifs is 2. The number of hydrogen-bond donors (Lipinski definition) is 2. The van der Waals surface area contributed by atoms with Crippen molar-refractivity contribution in [3.05, 3.63) is 83.3 Å². The molecule has 0 saturated carbocycles. The van der Waals surface area contributed by atoms with Crippen molar-refractivity contribution in [2.45, 2.75) is 85.5 Å². The second-order valence-electron chi connectivity index (χ2n) is 13.8. The van der Waals surface area contributed by atoms with E-state index in [0.29, 0.717) is 43.9 Å². The number of nitrogens with zero attached hydrogens (tertiary/aromatic N) is 4. The topological polar surface area (TPSA) is 111 Å². The molecule has 0 radical (unpaired) electrons. The average Bonchev–Trinajstić information content (AvgIpc) is 3.56. The summed E-state index contributed by atoms with van der Waals surface area (Å²) in [7, 11) is 3.71. The van der Waals surface area contributed by atoms with Gasteiger partial charge in [0.2, 0.25) is 6.41 Å². The second-order valence-corrected chi connectivity index (χ2v) is 13.8. The van der Waals surface area contributed by atoms with Crippen molar-refractivity contribution in [2.75, 3.05) is 26.8 Å². The van der Waals surface area contributed by atoms with Crippen molar-refractivity contribution >= 4 is 27.6 Å². The Balaban J connectivity index is 1.50. The zero-order chi connectivity index (χ0) is 36.0. The van der Waals surface area contributed by atoms with E-state index in [9.17, 15) is 15.0 Å². The number of aromatic nitrogens is 3. The fourth-order valence-corrected chi connectivity index (χ4v) is 6.63. The van der Waals surface area contributed by atoms with Crippen molar-refractivity contribution in [1.29, 1.82) is 0 Å². The normalized spacial score (nSPS) is 12.7. The fraction of sp³-hybridized carbons (Fsp3) is 0.450. The zero-order valence-corrected chi connectivity index (χ0v) is 30.5. The lowest BCUT2D eigenvalue weighted by Crippen LogP contribution is -2.39. The first-order valence-electron chi connectivity index (χ1n) is 17.6. The molecule has 0 aliphatic carbocycles. The molecule has 2 N–H and O–H groups in total. The largest absolute Gasteiger partial charge is 0.493 e. The lowest BCUT2D eigenvalue weighted by Gasteiger charge is -2.30. The Hall–Kier alpha value is -4.22. The van der Waals surface area contributed by atoms with E-state index in [4.69, 9.17) is 14.2 Å². The molecule has 5 rings (SSSR count). The van der Waals surface area contributed by atoms with Gasteiger partial charge in [0.25, 0.3) is 0 Å². The highest BCUT2D eigenvalue weighted by molar-refractivity contribution is 6.05. The summed E-state index contributed by atoms with van der Waals surface area (Å²) >= 11 is 0. The molecule has 0 aliphatic rings. The molecule has 268 valence electrons. The highest BCUT2D eigenvalue weighted by Crippen LogP contribution is 2.38. The maximum atomic E-state index is 13.9. The molecule has 0 amide bonds. The van der Waals surface area contributed by atoms with Crippen molar-refractivity contribution in [1.82, 2.24) is 19.2 Å². The molecule has 2 heterocycles. The first-order chi connectivity index (χ1) is 23.9. The molecule has 50 heavy (non-hydrogen) atoms. The molecule has 5 aromatic rings. The van der Waals surface area contributed by atoms with Gasteiger partial charge in [0.15, 0.2) is 0 Å². The Bertz CT molecular complexity index is 1920. The minimum absolute atomic E-state index is 0.206. The molecule has 0 bridgehead atoms. The van der Waals surface area contributed by atoms with E-state index in [1.54, 1.807) is 9.58 Å². The summed E-state index contributed by atoms with van der Waals surface area (Å²) < 4.78 is 21.6. The number of aliphatic hydroxyl groups is 2. The summed E-state index contributed by atoms with van der Waals surface area (Å²) in [6.07, 6.45) is 1.76. The summed E-state index contributed by atoms with van der Waals surface area (Å²) in [6, 6.07) is 20.4. The van der Waals surface area contributed by atoms with E-state index in [0.717, 1.165) is 62.7 Å². The summed E-state index contributed by atoms with van der Waals surface area (Å²) in [5.74, 6) is 0.473. The van der Waals surface area contributed by atoms with Crippen LogP contribution in [-0.2, 0) is 36.1 Å².